The maximum Gasteiger partial charge on any atom is 0.294 e. The fraction of sp³-hybridized carbons (Fsp3) is 0.455. The van der Waals surface area contributed by atoms with Crippen LogP contribution >= 0.6 is 24.2 Å². The van der Waals surface area contributed by atoms with Gasteiger partial charge in [-0.3, -0.25) is 4.79 Å². The Morgan fingerprint density at radius 3 is 3.00 bits per heavy atom. The number of thiophene rings is 1. The second-order valence-corrected chi connectivity index (χ2v) is 6.59. The van der Waals surface area contributed by atoms with Gasteiger partial charge in [-0.05, 0) is 36.6 Å². The van der Waals surface area contributed by atoms with Crippen molar-refractivity contribution in [1.29, 1.82) is 0 Å². The van der Waals surface area contributed by atoms with E-state index in [2.05, 4.69) is 31.8 Å². The molecule has 0 atom stereocenters. The monoisotopic (exact) mass is 252 g/mol. The number of aromatic nitrogens is 2. The van der Waals surface area contributed by atoms with E-state index in [9.17, 15) is 4.79 Å². The Balaban J connectivity index is 2.33. The van der Waals surface area contributed by atoms with E-state index in [0.29, 0.717) is 5.41 Å². The van der Waals surface area contributed by atoms with Crippen molar-refractivity contribution >= 4 is 34.2 Å². The molecule has 2 heterocycles. The third-order valence-electron chi connectivity index (χ3n) is 3.10. The molecule has 0 saturated heterocycles. The zero-order valence-corrected chi connectivity index (χ0v) is 10.9. The summed E-state index contributed by atoms with van der Waals surface area (Å²) in [5.74, 6) is 0. The van der Waals surface area contributed by atoms with E-state index in [0.717, 1.165) is 27.0 Å². The van der Waals surface area contributed by atoms with E-state index in [1.54, 1.807) is 17.5 Å². The van der Waals surface area contributed by atoms with Crippen molar-refractivity contribution in [3.05, 3.63) is 27.0 Å². The van der Waals surface area contributed by atoms with Gasteiger partial charge < -0.3 is 0 Å². The fourth-order valence-corrected chi connectivity index (χ4v) is 4.08. The van der Waals surface area contributed by atoms with Crippen LogP contribution in [0.5, 0.6) is 0 Å². The topological polar surface area (TPSA) is 34.9 Å². The molecule has 2 aromatic rings. The van der Waals surface area contributed by atoms with Crippen molar-refractivity contribution in [1.82, 2.24) is 9.19 Å². The second-order valence-electron chi connectivity index (χ2n) is 5.10. The lowest BCUT2D eigenvalue weighted by Crippen LogP contribution is -2.15. The van der Waals surface area contributed by atoms with Gasteiger partial charge in [0.1, 0.15) is 4.70 Å². The van der Waals surface area contributed by atoms with Gasteiger partial charge in [-0.2, -0.15) is 9.19 Å². The molecule has 84 valence electrons. The summed E-state index contributed by atoms with van der Waals surface area (Å²) in [7, 11) is 0. The highest BCUT2D eigenvalue weighted by molar-refractivity contribution is 7.78. The van der Waals surface area contributed by atoms with Crippen molar-refractivity contribution in [3.63, 3.8) is 0 Å². The molecule has 0 N–H and O–H groups in total. The predicted octanol–water partition coefficient (Wildman–Crippen LogP) is 2.28. The van der Waals surface area contributed by atoms with Crippen molar-refractivity contribution in [3.8, 4) is 0 Å². The highest BCUT2D eigenvalue weighted by Crippen LogP contribution is 2.43. The zero-order valence-electron chi connectivity index (χ0n) is 9.15. The van der Waals surface area contributed by atoms with Crippen LogP contribution in [0.25, 0.3) is 10.1 Å². The summed E-state index contributed by atoms with van der Waals surface area (Å²) < 4.78 is 1.91. The summed E-state index contributed by atoms with van der Waals surface area (Å²) in [6.45, 7) is 4.53. The number of hydrogen-bond donors (Lipinski definition) is 1. The minimum Gasteiger partial charge on any atom is -0.265 e. The SMILES string of the molecule is CC1(C)Cc2sc3c(=O)n(S)ncc3c2C1. The minimum atomic E-state index is -0.0990. The first-order valence-corrected chi connectivity index (χ1v) is 6.41. The summed E-state index contributed by atoms with van der Waals surface area (Å²) >= 11 is 5.61. The Bertz CT molecular complexity index is 639. The molecule has 0 unspecified atom stereocenters. The van der Waals surface area contributed by atoms with Gasteiger partial charge in [-0.1, -0.05) is 13.8 Å². The lowest BCUT2D eigenvalue weighted by molar-refractivity contribution is 0.394. The van der Waals surface area contributed by atoms with Gasteiger partial charge in [0.05, 0.1) is 6.20 Å². The lowest BCUT2D eigenvalue weighted by Gasteiger charge is -2.15. The number of fused-ring (bicyclic) bond motifs is 3. The van der Waals surface area contributed by atoms with Crippen LogP contribution in [0.1, 0.15) is 24.3 Å². The van der Waals surface area contributed by atoms with Gasteiger partial charge in [-0.25, -0.2) is 0 Å². The van der Waals surface area contributed by atoms with Crippen LogP contribution in [0, 0.1) is 5.41 Å². The van der Waals surface area contributed by atoms with Crippen LogP contribution in [-0.4, -0.2) is 9.19 Å². The molecule has 3 rings (SSSR count). The number of rotatable bonds is 0. The molecule has 0 radical (unpaired) electrons. The van der Waals surface area contributed by atoms with Crippen molar-refractivity contribution < 1.29 is 0 Å². The molecule has 0 aromatic carbocycles. The summed E-state index contributed by atoms with van der Waals surface area (Å²) in [4.78, 5) is 13.2. The second kappa shape index (κ2) is 3.11. The van der Waals surface area contributed by atoms with Gasteiger partial charge in [0.15, 0.2) is 0 Å². The van der Waals surface area contributed by atoms with E-state index in [1.807, 2.05) is 0 Å². The largest absolute Gasteiger partial charge is 0.294 e. The van der Waals surface area contributed by atoms with E-state index in [4.69, 9.17) is 0 Å². The molecule has 5 heteroatoms. The molecule has 0 fully saturated rings. The number of thiol groups is 1. The average Bonchev–Trinajstić information content (AvgIpc) is 2.64. The first kappa shape index (κ1) is 10.4. The smallest absolute Gasteiger partial charge is 0.265 e. The maximum absolute atomic E-state index is 11.8. The summed E-state index contributed by atoms with van der Waals surface area (Å²) in [6, 6.07) is 0. The highest BCUT2D eigenvalue weighted by Gasteiger charge is 2.32. The highest BCUT2D eigenvalue weighted by atomic mass is 32.1. The third kappa shape index (κ3) is 1.34. The van der Waals surface area contributed by atoms with E-state index >= 15 is 0 Å². The number of nitrogens with zero attached hydrogens (tertiary/aromatic N) is 2. The maximum atomic E-state index is 11.8. The predicted molar refractivity (Wildman–Crippen MR) is 69.5 cm³/mol. The first-order chi connectivity index (χ1) is 7.48. The van der Waals surface area contributed by atoms with Crippen molar-refractivity contribution in [2.24, 2.45) is 5.41 Å². The molecule has 0 amide bonds. The molecular weight excluding hydrogens is 240 g/mol. The lowest BCUT2D eigenvalue weighted by atomic mass is 9.90. The van der Waals surface area contributed by atoms with Gasteiger partial charge in [0, 0.05) is 10.3 Å². The van der Waals surface area contributed by atoms with E-state index in [1.165, 1.54) is 10.4 Å². The molecule has 1 aliphatic rings. The van der Waals surface area contributed by atoms with Crippen LogP contribution < -0.4 is 5.56 Å². The Morgan fingerprint density at radius 2 is 2.25 bits per heavy atom. The van der Waals surface area contributed by atoms with Crippen molar-refractivity contribution in [2.45, 2.75) is 26.7 Å². The van der Waals surface area contributed by atoms with E-state index in [-0.39, 0.29) is 5.56 Å². The van der Waals surface area contributed by atoms with E-state index < -0.39 is 0 Å². The molecule has 0 bridgehead atoms. The normalized spacial score (nSPS) is 17.9. The summed E-state index contributed by atoms with van der Waals surface area (Å²) in [5.41, 5.74) is 1.55. The zero-order chi connectivity index (χ0) is 11.5. The van der Waals surface area contributed by atoms with Crippen LogP contribution in [0.15, 0.2) is 11.0 Å². The quantitative estimate of drug-likeness (QED) is 0.730. The first-order valence-electron chi connectivity index (χ1n) is 5.20. The Kier molecular flexibility index (Phi) is 2.01. The van der Waals surface area contributed by atoms with Gasteiger partial charge >= 0.3 is 0 Å². The Hall–Kier alpha value is -0.810. The molecule has 2 aromatic heterocycles. The third-order valence-corrected chi connectivity index (χ3v) is 4.62. The Morgan fingerprint density at radius 1 is 1.50 bits per heavy atom. The van der Waals surface area contributed by atoms with Crippen LogP contribution in [-0.2, 0) is 12.8 Å². The molecular formula is C11H12N2OS2. The molecule has 16 heavy (non-hydrogen) atoms. The Labute approximate surface area is 103 Å². The van der Waals surface area contributed by atoms with Crippen LogP contribution in [0.4, 0.5) is 0 Å². The number of hydrogen-bond acceptors (Lipinski definition) is 4. The standard InChI is InChI=1S/C11H12N2OS2/c1-11(2)3-6-7-5-12-13(15)10(14)9(7)16-8(6)4-11/h5,15H,3-4H2,1-2H3. The van der Waals surface area contributed by atoms with Gasteiger partial charge in [0.2, 0.25) is 0 Å². The average molecular weight is 252 g/mol. The van der Waals surface area contributed by atoms with Crippen molar-refractivity contribution in [2.75, 3.05) is 0 Å². The van der Waals surface area contributed by atoms with Crippen LogP contribution in [0.2, 0.25) is 0 Å². The molecule has 1 aliphatic carbocycles. The molecule has 0 aliphatic heterocycles. The van der Waals surface area contributed by atoms with Crippen LogP contribution in [0.3, 0.4) is 0 Å². The fourth-order valence-electron chi connectivity index (χ4n) is 2.39. The summed E-state index contributed by atoms with van der Waals surface area (Å²) in [6.07, 6.45) is 3.87. The van der Waals surface area contributed by atoms with Gasteiger partial charge in [-0.15, -0.1) is 11.3 Å². The summed E-state index contributed by atoms with van der Waals surface area (Å²) in [5, 5.41) is 5.01. The molecule has 0 spiro atoms. The van der Waals surface area contributed by atoms with Gasteiger partial charge in [0.25, 0.3) is 5.56 Å². The molecule has 3 nitrogen and oxygen atoms in total. The minimum absolute atomic E-state index is 0.0990. The molecule has 0 saturated carbocycles.